The summed E-state index contributed by atoms with van der Waals surface area (Å²) in [5, 5.41) is 0.254. The van der Waals surface area contributed by atoms with Crippen LogP contribution in [-0.4, -0.2) is 19.6 Å². The van der Waals surface area contributed by atoms with E-state index in [9.17, 15) is 13.2 Å². The number of nitrogens with two attached hydrogens (primary N) is 1. The summed E-state index contributed by atoms with van der Waals surface area (Å²) in [5.41, 5.74) is 5.84. The maximum Gasteiger partial charge on any atom is 0.411 e. The molecule has 90 valence electrons. The zero-order valence-corrected chi connectivity index (χ0v) is 8.81. The first-order chi connectivity index (χ1) is 7.38. The molecular weight excluding hydrogens is 247 g/mol. The van der Waals surface area contributed by atoms with Crippen molar-refractivity contribution >= 4 is 17.3 Å². The van der Waals surface area contributed by atoms with E-state index in [2.05, 4.69) is 4.74 Å². The predicted octanol–water partition coefficient (Wildman–Crippen LogP) is 2.84. The highest BCUT2D eigenvalue weighted by atomic mass is 35.5. The van der Waals surface area contributed by atoms with E-state index in [1.807, 2.05) is 0 Å². The van der Waals surface area contributed by atoms with Crippen LogP contribution in [-0.2, 0) is 4.74 Å². The van der Waals surface area contributed by atoms with Crippen molar-refractivity contribution in [3.8, 4) is 5.75 Å². The van der Waals surface area contributed by atoms with E-state index in [4.69, 9.17) is 22.1 Å². The van der Waals surface area contributed by atoms with Crippen molar-refractivity contribution in [3.63, 3.8) is 0 Å². The number of alkyl halides is 3. The molecule has 1 aromatic rings. The molecule has 0 atom stereocenters. The minimum Gasteiger partial charge on any atom is -0.466 e. The van der Waals surface area contributed by atoms with Gasteiger partial charge in [0.25, 0.3) is 0 Å². The van der Waals surface area contributed by atoms with E-state index in [1.54, 1.807) is 6.07 Å². The monoisotopic (exact) mass is 255 g/mol. The molecule has 0 fully saturated rings. The molecule has 0 aliphatic rings. The van der Waals surface area contributed by atoms with E-state index in [0.717, 1.165) is 0 Å². The van der Waals surface area contributed by atoms with Gasteiger partial charge in [0.05, 0.1) is 5.02 Å². The highest BCUT2D eigenvalue weighted by molar-refractivity contribution is 6.32. The molecule has 2 N–H and O–H groups in total. The van der Waals surface area contributed by atoms with Crippen molar-refractivity contribution in [2.24, 2.45) is 0 Å². The quantitative estimate of drug-likeness (QED) is 0.511. The van der Waals surface area contributed by atoms with Gasteiger partial charge in [0.2, 0.25) is 0 Å². The molecule has 0 saturated carbocycles. The SMILES string of the molecule is Nc1ccc(Cl)c(OCOCC(F)(F)F)c1. The van der Waals surface area contributed by atoms with Gasteiger partial charge in [-0.3, -0.25) is 0 Å². The molecular formula is C9H9ClF3NO2. The summed E-state index contributed by atoms with van der Waals surface area (Å²) in [4.78, 5) is 0. The van der Waals surface area contributed by atoms with E-state index >= 15 is 0 Å². The number of anilines is 1. The normalized spacial score (nSPS) is 11.5. The molecule has 0 spiro atoms. The Hall–Kier alpha value is -1.14. The summed E-state index contributed by atoms with van der Waals surface area (Å²) < 4.78 is 44.2. The van der Waals surface area contributed by atoms with Crippen LogP contribution in [0.2, 0.25) is 5.02 Å². The number of hydrogen-bond acceptors (Lipinski definition) is 3. The molecule has 0 heterocycles. The Balaban J connectivity index is 2.40. The summed E-state index contributed by atoms with van der Waals surface area (Å²) in [6.07, 6.45) is -4.37. The summed E-state index contributed by atoms with van der Waals surface area (Å²) >= 11 is 5.71. The molecule has 16 heavy (non-hydrogen) atoms. The molecule has 0 aliphatic carbocycles. The van der Waals surface area contributed by atoms with Crippen LogP contribution in [0.4, 0.5) is 18.9 Å². The van der Waals surface area contributed by atoms with E-state index < -0.39 is 19.6 Å². The first-order valence-corrected chi connectivity index (χ1v) is 4.58. The van der Waals surface area contributed by atoms with Crippen molar-refractivity contribution in [3.05, 3.63) is 23.2 Å². The van der Waals surface area contributed by atoms with Crippen LogP contribution in [0, 0.1) is 0 Å². The lowest BCUT2D eigenvalue weighted by Gasteiger charge is -2.10. The fourth-order valence-electron chi connectivity index (χ4n) is 0.893. The summed E-state index contributed by atoms with van der Waals surface area (Å²) in [7, 11) is 0. The zero-order chi connectivity index (χ0) is 12.2. The number of benzene rings is 1. The highest BCUT2D eigenvalue weighted by Crippen LogP contribution is 2.26. The molecule has 0 unspecified atom stereocenters. The molecule has 0 saturated heterocycles. The van der Waals surface area contributed by atoms with Gasteiger partial charge in [-0.15, -0.1) is 0 Å². The van der Waals surface area contributed by atoms with Crippen LogP contribution in [0.3, 0.4) is 0 Å². The maximum atomic E-state index is 11.7. The molecule has 0 aromatic heterocycles. The van der Waals surface area contributed by atoms with E-state index in [1.165, 1.54) is 12.1 Å². The van der Waals surface area contributed by atoms with Gasteiger partial charge in [-0.1, -0.05) is 11.6 Å². The largest absolute Gasteiger partial charge is 0.466 e. The van der Waals surface area contributed by atoms with Crippen LogP contribution < -0.4 is 10.5 Å². The van der Waals surface area contributed by atoms with Crippen molar-refractivity contribution < 1.29 is 22.6 Å². The summed E-state index contributed by atoms with van der Waals surface area (Å²) in [6, 6.07) is 4.43. The molecule has 7 heteroatoms. The third kappa shape index (κ3) is 4.59. The summed E-state index contributed by atoms with van der Waals surface area (Å²) in [5.74, 6) is 0.184. The Morgan fingerprint density at radius 2 is 2.00 bits per heavy atom. The predicted molar refractivity (Wildman–Crippen MR) is 53.4 cm³/mol. The van der Waals surface area contributed by atoms with Gasteiger partial charge in [-0.25, -0.2) is 0 Å². The van der Waals surface area contributed by atoms with Gasteiger partial charge < -0.3 is 15.2 Å². The molecule has 1 rings (SSSR count). The second-order valence-electron chi connectivity index (χ2n) is 2.92. The molecule has 0 aliphatic heterocycles. The van der Waals surface area contributed by atoms with Gasteiger partial charge in [-0.05, 0) is 12.1 Å². The molecule has 0 bridgehead atoms. The molecule has 0 radical (unpaired) electrons. The average molecular weight is 256 g/mol. The van der Waals surface area contributed by atoms with Crippen molar-refractivity contribution in [1.82, 2.24) is 0 Å². The van der Waals surface area contributed by atoms with Crippen molar-refractivity contribution in [2.45, 2.75) is 6.18 Å². The lowest BCUT2D eigenvalue weighted by atomic mass is 10.3. The Bertz CT molecular complexity index is 357. The number of nitrogen functional groups attached to an aromatic ring is 1. The standard InChI is InChI=1S/C9H9ClF3NO2/c10-7-2-1-6(14)3-8(7)16-5-15-4-9(11,12)13/h1-3H,4-5,14H2. The number of ether oxygens (including phenoxy) is 2. The number of rotatable bonds is 4. The molecule has 0 amide bonds. The second-order valence-corrected chi connectivity index (χ2v) is 3.32. The fourth-order valence-corrected chi connectivity index (χ4v) is 1.07. The lowest BCUT2D eigenvalue weighted by molar-refractivity contribution is -0.186. The van der Waals surface area contributed by atoms with Crippen molar-refractivity contribution in [1.29, 1.82) is 0 Å². The molecule has 1 aromatic carbocycles. The van der Waals surface area contributed by atoms with Gasteiger partial charge in [-0.2, -0.15) is 13.2 Å². The van der Waals surface area contributed by atoms with Crippen LogP contribution in [0.15, 0.2) is 18.2 Å². The van der Waals surface area contributed by atoms with Gasteiger partial charge in [0, 0.05) is 11.8 Å². The third-order valence-corrected chi connectivity index (χ3v) is 1.83. The van der Waals surface area contributed by atoms with Gasteiger partial charge in [0.15, 0.2) is 6.79 Å². The average Bonchev–Trinajstić information content (AvgIpc) is 2.16. The Labute approximate surface area is 94.9 Å². The van der Waals surface area contributed by atoms with E-state index in [0.29, 0.717) is 5.69 Å². The van der Waals surface area contributed by atoms with Crippen LogP contribution in [0.5, 0.6) is 5.75 Å². The minimum atomic E-state index is -4.37. The first-order valence-electron chi connectivity index (χ1n) is 4.21. The van der Waals surface area contributed by atoms with Gasteiger partial charge in [0.1, 0.15) is 12.4 Å². The Morgan fingerprint density at radius 3 is 2.62 bits per heavy atom. The second kappa shape index (κ2) is 5.27. The van der Waals surface area contributed by atoms with Gasteiger partial charge >= 0.3 is 6.18 Å². The number of hydrogen-bond donors (Lipinski definition) is 1. The third-order valence-electron chi connectivity index (χ3n) is 1.52. The van der Waals surface area contributed by atoms with Crippen LogP contribution in [0.25, 0.3) is 0 Å². The minimum absolute atomic E-state index is 0.184. The zero-order valence-electron chi connectivity index (χ0n) is 8.05. The topological polar surface area (TPSA) is 44.5 Å². The Morgan fingerprint density at radius 1 is 1.31 bits per heavy atom. The van der Waals surface area contributed by atoms with Crippen molar-refractivity contribution in [2.75, 3.05) is 19.1 Å². The lowest BCUT2D eigenvalue weighted by Crippen LogP contribution is -2.19. The fraction of sp³-hybridized carbons (Fsp3) is 0.333. The first kappa shape index (κ1) is 12.9. The van der Waals surface area contributed by atoms with E-state index in [-0.39, 0.29) is 10.8 Å². The Kier molecular flexibility index (Phi) is 4.26. The van der Waals surface area contributed by atoms with Crippen LogP contribution >= 0.6 is 11.6 Å². The van der Waals surface area contributed by atoms with Crippen LogP contribution in [0.1, 0.15) is 0 Å². The molecule has 3 nitrogen and oxygen atoms in total. The highest BCUT2D eigenvalue weighted by Gasteiger charge is 2.27. The smallest absolute Gasteiger partial charge is 0.411 e. The number of halogens is 4. The maximum absolute atomic E-state index is 11.7. The summed E-state index contributed by atoms with van der Waals surface area (Å²) in [6.45, 7) is -1.91.